The molecule has 0 atom stereocenters. The maximum Gasteiger partial charge on any atom is 0.238 e. The van der Waals surface area contributed by atoms with Gasteiger partial charge in [0, 0.05) is 19.5 Å². The molecule has 0 unspecified atom stereocenters. The van der Waals surface area contributed by atoms with Crippen LogP contribution in [-0.4, -0.2) is 17.7 Å². The molecule has 0 spiro atoms. The molecule has 1 aliphatic rings. The third-order valence-corrected chi connectivity index (χ3v) is 2.55. The number of anilines is 2. The molecule has 17 heavy (non-hydrogen) atoms. The summed E-state index contributed by atoms with van der Waals surface area (Å²) in [5.74, 6) is -0.732. The van der Waals surface area contributed by atoms with E-state index in [4.69, 9.17) is 0 Å². The standard InChI is InChI=1S/C12H12N2O3/c1-7(15)13-10-4-3-9-5-12(17)14(8(2)16)11(9)6-10/h3-4,6H,5H2,1-2H3,(H,13,15). The van der Waals surface area contributed by atoms with E-state index in [1.54, 1.807) is 18.2 Å². The maximum absolute atomic E-state index is 11.6. The van der Waals surface area contributed by atoms with Crippen molar-refractivity contribution in [2.75, 3.05) is 10.2 Å². The van der Waals surface area contributed by atoms with Crippen LogP contribution in [0.2, 0.25) is 0 Å². The lowest BCUT2D eigenvalue weighted by Gasteiger charge is -2.13. The van der Waals surface area contributed by atoms with Crippen LogP contribution in [0.15, 0.2) is 18.2 Å². The summed E-state index contributed by atoms with van der Waals surface area (Å²) in [5, 5.41) is 2.62. The minimum atomic E-state index is -0.311. The van der Waals surface area contributed by atoms with Gasteiger partial charge in [-0.2, -0.15) is 0 Å². The Morgan fingerprint density at radius 3 is 2.59 bits per heavy atom. The van der Waals surface area contributed by atoms with Gasteiger partial charge in [0.25, 0.3) is 0 Å². The summed E-state index contributed by atoms with van der Waals surface area (Å²) < 4.78 is 0. The molecule has 0 saturated heterocycles. The smallest absolute Gasteiger partial charge is 0.238 e. The first-order valence-corrected chi connectivity index (χ1v) is 5.23. The van der Waals surface area contributed by atoms with Crippen molar-refractivity contribution in [3.05, 3.63) is 23.8 Å². The molecule has 1 heterocycles. The summed E-state index contributed by atoms with van der Waals surface area (Å²) in [6.45, 7) is 2.75. The van der Waals surface area contributed by atoms with Gasteiger partial charge < -0.3 is 5.32 Å². The maximum atomic E-state index is 11.6. The Labute approximate surface area is 98.4 Å². The summed E-state index contributed by atoms with van der Waals surface area (Å²) in [7, 11) is 0. The van der Waals surface area contributed by atoms with Crippen LogP contribution in [0.25, 0.3) is 0 Å². The fraction of sp³-hybridized carbons (Fsp3) is 0.250. The Morgan fingerprint density at radius 1 is 1.29 bits per heavy atom. The molecule has 0 saturated carbocycles. The van der Waals surface area contributed by atoms with Crippen LogP contribution >= 0.6 is 0 Å². The number of rotatable bonds is 1. The Morgan fingerprint density at radius 2 is 2.00 bits per heavy atom. The van der Waals surface area contributed by atoms with Gasteiger partial charge in [-0.1, -0.05) is 6.07 Å². The number of amides is 3. The van der Waals surface area contributed by atoms with Gasteiger partial charge in [-0.15, -0.1) is 0 Å². The zero-order valence-corrected chi connectivity index (χ0v) is 9.61. The first-order chi connectivity index (χ1) is 7.99. The van der Waals surface area contributed by atoms with E-state index < -0.39 is 0 Å². The zero-order valence-electron chi connectivity index (χ0n) is 9.61. The number of nitrogens with zero attached hydrogens (tertiary/aromatic N) is 1. The van der Waals surface area contributed by atoms with Gasteiger partial charge in [-0.05, 0) is 17.7 Å². The van der Waals surface area contributed by atoms with Crippen LogP contribution in [0, 0.1) is 0 Å². The van der Waals surface area contributed by atoms with Gasteiger partial charge in [0.15, 0.2) is 0 Å². The molecule has 88 valence electrons. The van der Waals surface area contributed by atoms with Crippen molar-refractivity contribution in [3.8, 4) is 0 Å². The number of carbonyl (C=O) groups excluding carboxylic acids is 3. The predicted octanol–water partition coefficient (Wildman–Crippen LogP) is 1.08. The van der Waals surface area contributed by atoms with Gasteiger partial charge in [0.1, 0.15) is 0 Å². The van der Waals surface area contributed by atoms with Crippen molar-refractivity contribution < 1.29 is 14.4 Å². The molecular weight excluding hydrogens is 220 g/mol. The summed E-state index contributed by atoms with van der Waals surface area (Å²) in [4.78, 5) is 35.1. The number of hydrogen-bond acceptors (Lipinski definition) is 3. The van der Waals surface area contributed by atoms with Crippen LogP contribution in [-0.2, 0) is 20.8 Å². The van der Waals surface area contributed by atoms with E-state index in [9.17, 15) is 14.4 Å². The highest BCUT2D eigenvalue weighted by Gasteiger charge is 2.30. The molecule has 0 aliphatic carbocycles. The molecule has 1 aliphatic heterocycles. The third-order valence-electron chi connectivity index (χ3n) is 2.55. The van der Waals surface area contributed by atoms with E-state index in [1.807, 2.05) is 0 Å². The van der Waals surface area contributed by atoms with Crippen molar-refractivity contribution in [2.45, 2.75) is 20.3 Å². The molecule has 3 amide bonds. The van der Waals surface area contributed by atoms with E-state index in [0.717, 1.165) is 10.5 Å². The largest absolute Gasteiger partial charge is 0.326 e. The highest BCUT2D eigenvalue weighted by molar-refractivity contribution is 6.18. The molecule has 5 nitrogen and oxygen atoms in total. The molecule has 1 aromatic carbocycles. The first-order valence-electron chi connectivity index (χ1n) is 5.23. The lowest BCUT2D eigenvalue weighted by molar-refractivity contribution is -0.124. The van der Waals surface area contributed by atoms with Crippen molar-refractivity contribution >= 4 is 29.1 Å². The second-order valence-electron chi connectivity index (χ2n) is 3.95. The highest BCUT2D eigenvalue weighted by atomic mass is 16.2. The minimum Gasteiger partial charge on any atom is -0.326 e. The zero-order chi connectivity index (χ0) is 12.6. The van der Waals surface area contributed by atoms with Crippen LogP contribution in [0.5, 0.6) is 0 Å². The molecule has 1 aromatic rings. The molecule has 0 aromatic heterocycles. The molecule has 1 N–H and O–H groups in total. The molecule has 0 radical (unpaired) electrons. The number of fused-ring (bicyclic) bond motifs is 1. The predicted molar refractivity (Wildman–Crippen MR) is 62.6 cm³/mol. The molecular formula is C12H12N2O3. The second kappa shape index (κ2) is 4.01. The Kier molecular flexibility index (Phi) is 2.67. The highest BCUT2D eigenvalue weighted by Crippen LogP contribution is 2.31. The minimum absolute atomic E-state index is 0.191. The van der Waals surface area contributed by atoms with E-state index in [-0.39, 0.29) is 24.1 Å². The van der Waals surface area contributed by atoms with Crippen LogP contribution in [0.4, 0.5) is 11.4 Å². The molecule has 5 heteroatoms. The van der Waals surface area contributed by atoms with Gasteiger partial charge >= 0.3 is 0 Å². The molecule has 0 bridgehead atoms. The summed E-state index contributed by atoms with van der Waals surface area (Å²) >= 11 is 0. The topological polar surface area (TPSA) is 66.5 Å². The van der Waals surface area contributed by atoms with E-state index in [1.165, 1.54) is 13.8 Å². The fourth-order valence-corrected chi connectivity index (χ4v) is 1.92. The number of carbonyl (C=O) groups is 3. The lowest BCUT2D eigenvalue weighted by Crippen LogP contribution is -2.31. The van der Waals surface area contributed by atoms with Crippen molar-refractivity contribution in [3.63, 3.8) is 0 Å². The molecule has 0 fully saturated rings. The van der Waals surface area contributed by atoms with Gasteiger partial charge in [-0.25, -0.2) is 0 Å². The Hall–Kier alpha value is -2.17. The summed E-state index contributed by atoms with van der Waals surface area (Å²) in [6, 6.07) is 5.11. The fourth-order valence-electron chi connectivity index (χ4n) is 1.92. The van der Waals surface area contributed by atoms with Crippen LogP contribution in [0.3, 0.4) is 0 Å². The number of imide groups is 1. The van der Waals surface area contributed by atoms with Crippen LogP contribution in [0.1, 0.15) is 19.4 Å². The number of hydrogen-bond donors (Lipinski definition) is 1. The quantitative estimate of drug-likeness (QED) is 0.787. The average Bonchev–Trinajstić information content (AvgIpc) is 2.52. The van der Waals surface area contributed by atoms with E-state index >= 15 is 0 Å². The Bertz CT molecular complexity index is 522. The monoisotopic (exact) mass is 232 g/mol. The van der Waals surface area contributed by atoms with E-state index in [2.05, 4.69) is 5.32 Å². The van der Waals surface area contributed by atoms with Crippen molar-refractivity contribution in [2.24, 2.45) is 0 Å². The van der Waals surface area contributed by atoms with Crippen molar-refractivity contribution in [1.82, 2.24) is 0 Å². The van der Waals surface area contributed by atoms with E-state index in [0.29, 0.717) is 11.4 Å². The van der Waals surface area contributed by atoms with Crippen LogP contribution < -0.4 is 10.2 Å². The number of benzene rings is 1. The Balaban J connectivity index is 2.41. The first kappa shape index (κ1) is 11.3. The normalized spacial score (nSPS) is 13.5. The lowest BCUT2D eigenvalue weighted by atomic mass is 10.1. The molecule has 2 rings (SSSR count). The van der Waals surface area contributed by atoms with Gasteiger partial charge in [-0.3, -0.25) is 19.3 Å². The number of nitrogens with one attached hydrogen (secondary N) is 1. The summed E-state index contributed by atoms with van der Waals surface area (Å²) in [6.07, 6.45) is 0.231. The van der Waals surface area contributed by atoms with Gasteiger partial charge in [0.05, 0.1) is 12.1 Å². The third kappa shape index (κ3) is 2.04. The summed E-state index contributed by atoms with van der Waals surface area (Å²) in [5.41, 5.74) is 1.95. The second-order valence-corrected chi connectivity index (χ2v) is 3.95. The SMILES string of the molecule is CC(=O)Nc1ccc2c(c1)N(C(C)=O)C(=O)C2. The average molecular weight is 232 g/mol. The van der Waals surface area contributed by atoms with Crippen molar-refractivity contribution in [1.29, 1.82) is 0 Å². The van der Waals surface area contributed by atoms with Gasteiger partial charge in [0.2, 0.25) is 17.7 Å².